The van der Waals surface area contributed by atoms with Crippen molar-refractivity contribution in [2.24, 2.45) is 0 Å². The normalized spacial score (nSPS) is 12.4. The van der Waals surface area contributed by atoms with Gasteiger partial charge in [0.25, 0.3) is 0 Å². The van der Waals surface area contributed by atoms with E-state index in [2.05, 4.69) is 41.5 Å². The van der Waals surface area contributed by atoms with E-state index in [4.69, 9.17) is 4.74 Å². The fraction of sp³-hybridized carbons (Fsp3) is 0.467. The molecule has 0 bridgehead atoms. The third-order valence-corrected chi connectivity index (χ3v) is 5.16. The molecule has 0 fully saturated rings. The highest BCUT2D eigenvalue weighted by molar-refractivity contribution is 8.01. The number of thioether (sulfide) groups is 1. The third kappa shape index (κ3) is 4.43. The lowest BCUT2D eigenvalue weighted by atomic mass is 10.0. The number of aromatic nitrogens is 2. The number of benzene rings is 1. The van der Waals surface area contributed by atoms with Crippen LogP contribution < -0.4 is 10.1 Å². The zero-order chi connectivity index (χ0) is 15.2. The van der Waals surface area contributed by atoms with Gasteiger partial charge in [-0.05, 0) is 26.5 Å². The predicted octanol–water partition coefficient (Wildman–Crippen LogP) is 3.61. The van der Waals surface area contributed by atoms with Crippen molar-refractivity contribution in [3.05, 3.63) is 34.3 Å². The zero-order valence-electron chi connectivity index (χ0n) is 12.8. The Morgan fingerprint density at radius 2 is 2.14 bits per heavy atom. The molecule has 2 aromatic rings. The second-order valence-electron chi connectivity index (χ2n) is 4.75. The van der Waals surface area contributed by atoms with Gasteiger partial charge in [0.15, 0.2) is 4.34 Å². The van der Waals surface area contributed by atoms with E-state index in [1.54, 1.807) is 30.2 Å². The van der Waals surface area contributed by atoms with Crippen molar-refractivity contribution in [2.75, 3.05) is 19.4 Å². The Labute approximate surface area is 134 Å². The van der Waals surface area contributed by atoms with E-state index in [1.807, 2.05) is 13.0 Å². The molecular formula is C15H21N3OS2. The molecule has 0 spiro atoms. The van der Waals surface area contributed by atoms with Crippen LogP contribution in [-0.2, 0) is 0 Å². The van der Waals surface area contributed by atoms with E-state index >= 15 is 0 Å². The molecule has 1 heterocycles. The van der Waals surface area contributed by atoms with Gasteiger partial charge < -0.3 is 10.1 Å². The second kappa shape index (κ2) is 7.77. The predicted molar refractivity (Wildman–Crippen MR) is 89.5 cm³/mol. The number of hydrogen-bond acceptors (Lipinski definition) is 6. The molecule has 0 aliphatic heterocycles. The van der Waals surface area contributed by atoms with Crippen molar-refractivity contribution in [3.63, 3.8) is 0 Å². The Hall–Kier alpha value is -1.11. The molecular weight excluding hydrogens is 302 g/mol. The summed E-state index contributed by atoms with van der Waals surface area (Å²) >= 11 is 3.37. The maximum atomic E-state index is 5.51. The quantitative estimate of drug-likeness (QED) is 0.789. The molecule has 1 N–H and O–H groups in total. The number of nitrogens with zero attached hydrogens (tertiary/aromatic N) is 2. The van der Waals surface area contributed by atoms with Crippen LogP contribution in [0.15, 0.2) is 22.5 Å². The molecule has 0 radical (unpaired) electrons. The summed E-state index contributed by atoms with van der Waals surface area (Å²) in [5.41, 5.74) is 2.44. The standard InChI is InChI=1S/C15H21N3OS2/c1-5-16-13(9-20-15-18-17-11(3)21-15)12-8-10(2)6-7-14(12)19-4/h6-8,13,16H,5,9H2,1-4H3. The molecule has 1 unspecified atom stereocenters. The van der Waals surface area contributed by atoms with Gasteiger partial charge in [-0.3, -0.25) is 0 Å². The van der Waals surface area contributed by atoms with Gasteiger partial charge in [-0.2, -0.15) is 0 Å². The van der Waals surface area contributed by atoms with Crippen molar-refractivity contribution >= 4 is 23.1 Å². The van der Waals surface area contributed by atoms with Crippen molar-refractivity contribution in [3.8, 4) is 5.75 Å². The third-order valence-electron chi connectivity index (χ3n) is 3.09. The molecule has 114 valence electrons. The van der Waals surface area contributed by atoms with Crippen LogP contribution in [0.25, 0.3) is 0 Å². The summed E-state index contributed by atoms with van der Waals surface area (Å²) in [7, 11) is 1.72. The van der Waals surface area contributed by atoms with Crippen LogP contribution in [0.5, 0.6) is 5.75 Å². The number of hydrogen-bond donors (Lipinski definition) is 1. The molecule has 1 atom stereocenters. The Bertz CT molecular complexity index is 586. The summed E-state index contributed by atoms with van der Waals surface area (Å²) in [5.74, 6) is 1.84. The second-order valence-corrected chi connectivity index (χ2v) is 7.20. The van der Waals surface area contributed by atoms with E-state index in [1.165, 1.54) is 11.1 Å². The highest BCUT2D eigenvalue weighted by atomic mass is 32.2. The highest BCUT2D eigenvalue weighted by Gasteiger charge is 2.17. The number of rotatable bonds is 7. The smallest absolute Gasteiger partial charge is 0.174 e. The summed E-state index contributed by atoms with van der Waals surface area (Å²) in [6, 6.07) is 6.54. The zero-order valence-corrected chi connectivity index (χ0v) is 14.5. The maximum Gasteiger partial charge on any atom is 0.174 e. The summed E-state index contributed by atoms with van der Waals surface area (Å²) in [4.78, 5) is 0. The molecule has 1 aromatic heterocycles. The van der Waals surface area contributed by atoms with Crippen LogP contribution in [0, 0.1) is 13.8 Å². The minimum absolute atomic E-state index is 0.235. The van der Waals surface area contributed by atoms with Gasteiger partial charge in [0.1, 0.15) is 10.8 Å². The van der Waals surface area contributed by atoms with Crippen molar-refractivity contribution < 1.29 is 4.74 Å². The summed E-state index contributed by atoms with van der Waals surface area (Å²) in [6.45, 7) is 7.12. The van der Waals surface area contributed by atoms with Gasteiger partial charge in [0.05, 0.1) is 7.11 Å². The number of ether oxygens (including phenoxy) is 1. The van der Waals surface area contributed by atoms with E-state index in [0.29, 0.717) is 0 Å². The monoisotopic (exact) mass is 323 g/mol. The molecule has 1 aromatic carbocycles. The summed E-state index contributed by atoms with van der Waals surface area (Å²) in [5, 5.41) is 12.8. The molecule has 4 nitrogen and oxygen atoms in total. The van der Waals surface area contributed by atoms with E-state index in [0.717, 1.165) is 27.4 Å². The van der Waals surface area contributed by atoms with Crippen LogP contribution in [0.1, 0.15) is 29.1 Å². The molecule has 2 rings (SSSR count). The minimum atomic E-state index is 0.235. The maximum absolute atomic E-state index is 5.51. The first kappa shape index (κ1) is 16.3. The Morgan fingerprint density at radius 1 is 1.33 bits per heavy atom. The highest BCUT2D eigenvalue weighted by Crippen LogP contribution is 2.31. The van der Waals surface area contributed by atoms with Gasteiger partial charge in [0.2, 0.25) is 0 Å². The first-order valence-electron chi connectivity index (χ1n) is 6.94. The van der Waals surface area contributed by atoms with Crippen LogP contribution in [0.2, 0.25) is 0 Å². The first-order chi connectivity index (χ1) is 10.1. The van der Waals surface area contributed by atoms with E-state index in [-0.39, 0.29) is 6.04 Å². The van der Waals surface area contributed by atoms with Gasteiger partial charge in [-0.15, -0.1) is 10.2 Å². The SMILES string of the molecule is CCNC(CSc1nnc(C)s1)c1cc(C)ccc1OC. The Morgan fingerprint density at radius 3 is 2.76 bits per heavy atom. The van der Waals surface area contributed by atoms with E-state index in [9.17, 15) is 0 Å². The molecule has 6 heteroatoms. The fourth-order valence-corrected chi connectivity index (χ4v) is 4.05. The Kier molecular flexibility index (Phi) is 6.02. The lowest BCUT2D eigenvalue weighted by molar-refractivity contribution is 0.403. The fourth-order valence-electron chi connectivity index (χ4n) is 2.12. The van der Waals surface area contributed by atoms with Gasteiger partial charge in [0, 0.05) is 17.4 Å². The van der Waals surface area contributed by atoms with Crippen molar-refractivity contribution in [1.29, 1.82) is 0 Å². The van der Waals surface area contributed by atoms with E-state index < -0.39 is 0 Å². The lowest BCUT2D eigenvalue weighted by Gasteiger charge is -2.20. The summed E-state index contributed by atoms with van der Waals surface area (Å²) < 4.78 is 6.52. The summed E-state index contributed by atoms with van der Waals surface area (Å²) in [6.07, 6.45) is 0. The van der Waals surface area contributed by atoms with Crippen molar-refractivity contribution in [2.45, 2.75) is 31.2 Å². The average Bonchev–Trinajstić information content (AvgIpc) is 2.89. The van der Waals surface area contributed by atoms with Crippen LogP contribution >= 0.6 is 23.1 Å². The molecule has 21 heavy (non-hydrogen) atoms. The van der Waals surface area contributed by atoms with Crippen molar-refractivity contribution in [1.82, 2.24) is 15.5 Å². The van der Waals surface area contributed by atoms with Gasteiger partial charge in [-0.25, -0.2) is 0 Å². The molecule has 0 aliphatic carbocycles. The first-order valence-corrected chi connectivity index (χ1v) is 8.75. The molecule has 0 aliphatic rings. The number of nitrogens with one attached hydrogen (secondary N) is 1. The number of methoxy groups -OCH3 is 1. The Balaban J connectivity index is 2.16. The van der Waals surface area contributed by atoms with Crippen LogP contribution in [-0.4, -0.2) is 29.6 Å². The van der Waals surface area contributed by atoms with Gasteiger partial charge >= 0.3 is 0 Å². The topological polar surface area (TPSA) is 47.0 Å². The molecule has 0 saturated heterocycles. The lowest BCUT2D eigenvalue weighted by Crippen LogP contribution is -2.23. The molecule has 0 saturated carbocycles. The van der Waals surface area contributed by atoms with Gasteiger partial charge in [-0.1, -0.05) is 47.7 Å². The minimum Gasteiger partial charge on any atom is -0.496 e. The van der Waals surface area contributed by atoms with Crippen LogP contribution in [0.3, 0.4) is 0 Å². The average molecular weight is 323 g/mol. The van der Waals surface area contributed by atoms with Crippen LogP contribution in [0.4, 0.5) is 0 Å². The molecule has 0 amide bonds. The largest absolute Gasteiger partial charge is 0.496 e. The number of aryl methyl sites for hydroxylation is 2.